The molecule has 0 aliphatic heterocycles. The van der Waals surface area contributed by atoms with Crippen molar-refractivity contribution < 1.29 is 0 Å². The smallest absolute Gasteiger partial charge is 0.343 e. The molecule has 1 heterocycles. The molecule has 0 aliphatic rings. The number of hydrogen-bond acceptors (Lipinski definition) is 4. The first-order valence-electron chi connectivity index (χ1n) is 4.86. The maximum absolute atomic E-state index is 11.2. The summed E-state index contributed by atoms with van der Waals surface area (Å²) in [5, 5.41) is 6.98. The van der Waals surface area contributed by atoms with Gasteiger partial charge in [0.15, 0.2) is 5.16 Å². The molecule has 0 fully saturated rings. The van der Waals surface area contributed by atoms with E-state index in [1.54, 1.807) is 7.05 Å². The monoisotopic (exact) mass is 314 g/mol. The number of anilines is 1. The topological polar surface area (TPSA) is 76.7 Å². The van der Waals surface area contributed by atoms with Crippen LogP contribution in [0, 0.1) is 0 Å². The molecule has 90 valence electrons. The lowest BCUT2D eigenvalue weighted by atomic mass is 10.2. The number of thioether (sulfide) groups is 1. The molecular formula is C10H11BrN4OS. The van der Waals surface area contributed by atoms with Gasteiger partial charge in [-0.05, 0) is 27.6 Å². The van der Waals surface area contributed by atoms with Crippen LogP contribution in [-0.4, -0.2) is 14.8 Å². The van der Waals surface area contributed by atoms with Gasteiger partial charge in [-0.15, -0.1) is 5.10 Å². The maximum Gasteiger partial charge on any atom is 0.343 e. The van der Waals surface area contributed by atoms with Crippen molar-refractivity contribution in [3.63, 3.8) is 0 Å². The Kier molecular flexibility index (Phi) is 3.58. The van der Waals surface area contributed by atoms with Gasteiger partial charge in [0.2, 0.25) is 0 Å². The molecule has 0 amide bonds. The molecule has 0 aliphatic carbocycles. The molecular weight excluding hydrogens is 304 g/mol. The predicted molar refractivity (Wildman–Crippen MR) is 71.9 cm³/mol. The highest BCUT2D eigenvalue weighted by Crippen LogP contribution is 2.28. The summed E-state index contributed by atoms with van der Waals surface area (Å²) in [6.45, 7) is 0. The van der Waals surface area contributed by atoms with E-state index in [1.165, 1.54) is 16.3 Å². The van der Waals surface area contributed by atoms with E-state index < -0.39 is 0 Å². The van der Waals surface area contributed by atoms with Gasteiger partial charge in [-0.2, -0.15) is 0 Å². The summed E-state index contributed by atoms with van der Waals surface area (Å²) in [4.78, 5) is 11.2. The quantitative estimate of drug-likeness (QED) is 0.668. The van der Waals surface area contributed by atoms with Crippen LogP contribution in [-0.2, 0) is 12.8 Å². The molecule has 17 heavy (non-hydrogen) atoms. The molecule has 2 aromatic rings. The number of H-pyrrole nitrogens is 1. The Morgan fingerprint density at radius 3 is 3.00 bits per heavy atom. The molecule has 0 atom stereocenters. The van der Waals surface area contributed by atoms with Crippen LogP contribution >= 0.6 is 27.7 Å². The summed E-state index contributed by atoms with van der Waals surface area (Å²) in [7, 11) is 1.68. The SMILES string of the molecule is Cn1c(SCc2cccc(N)c2Br)n[nH]c1=O. The lowest BCUT2D eigenvalue weighted by molar-refractivity contribution is 0.765. The van der Waals surface area contributed by atoms with E-state index in [9.17, 15) is 4.79 Å². The number of hydrogen-bond donors (Lipinski definition) is 2. The molecule has 0 bridgehead atoms. The maximum atomic E-state index is 11.2. The first-order valence-corrected chi connectivity index (χ1v) is 6.64. The summed E-state index contributed by atoms with van der Waals surface area (Å²) in [5.74, 6) is 0.698. The van der Waals surface area contributed by atoms with Crippen LogP contribution in [0.1, 0.15) is 5.56 Å². The molecule has 0 saturated carbocycles. The Bertz CT molecular complexity index is 592. The zero-order valence-corrected chi connectivity index (χ0v) is 11.5. The molecule has 3 N–H and O–H groups in total. The molecule has 1 aromatic carbocycles. The number of nitrogen functional groups attached to an aromatic ring is 1. The molecule has 0 unspecified atom stereocenters. The van der Waals surface area contributed by atoms with Crippen LogP contribution in [0.4, 0.5) is 5.69 Å². The van der Waals surface area contributed by atoms with Crippen molar-refractivity contribution in [2.24, 2.45) is 7.05 Å². The van der Waals surface area contributed by atoms with Crippen molar-refractivity contribution in [3.8, 4) is 0 Å². The van der Waals surface area contributed by atoms with Crippen molar-refractivity contribution in [1.82, 2.24) is 14.8 Å². The van der Waals surface area contributed by atoms with E-state index in [0.29, 0.717) is 16.6 Å². The molecule has 7 heteroatoms. The van der Waals surface area contributed by atoms with E-state index in [1.807, 2.05) is 18.2 Å². The van der Waals surface area contributed by atoms with E-state index >= 15 is 0 Å². The Hall–Kier alpha value is -1.21. The Labute approximate surface area is 111 Å². The van der Waals surface area contributed by atoms with Crippen LogP contribution in [0.25, 0.3) is 0 Å². The number of nitrogens with two attached hydrogens (primary N) is 1. The third kappa shape index (κ3) is 2.55. The average molecular weight is 315 g/mol. The largest absolute Gasteiger partial charge is 0.398 e. The van der Waals surface area contributed by atoms with Crippen LogP contribution in [0.2, 0.25) is 0 Å². The summed E-state index contributed by atoms with van der Waals surface area (Å²) < 4.78 is 2.37. The highest BCUT2D eigenvalue weighted by molar-refractivity contribution is 9.10. The van der Waals surface area contributed by atoms with Crippen LogP contribution < -0.4 is 11.4 Å². The molecule has 0 saturated heterocycles. The van der Waals surface area contributed by atoms with Gasteiger partial charge >= 0.3 is 5.69 Å². The fourth-order valence-electron chi connectivity index (χ4n) is 1.32. The predicted octanol–water partition coefficient (Wildman–Crippen LogP) is 1.75. The third-order valence-electron chi connectivity index (χ3n) is 2.30. The van der Waals surface area contributed by atoms with Crippen molar-refractivity contribution in [2.75, 3.05) is 5.73 Å². The van der Waals surface area contributed by atoms with Gasteiger partial charge in [0.1, 0.15) is 0 Å². The number of benzene rings is 1. The van der Waals surface area contributed by atoms with E-state index in [2.05, 4.69) is 26.1 Å². The number of rotatable bonds is 3. The first kappa shape index (κ1) is 12.3. The van der Waals surface area contributed by atoms with Gasteiger partial charge in [0.25, 0.3) is 0 Å². The van der Waals surface area contributed by atoms with Gasteiger partial charge in [-0.1, -0.05) is 23.9 Å². The zero-order chi connectivity index (χ0) is 12.4. The summed E-state index contributed by atoms with van der Waals surface area (Å²) in [6, 6.07) is 5.72. The molecule has 2 rings (SSSR count). The lowest BCUT2D eigenvalue weighted by Gasteiger charge is -2.05. The lowest BCUT2D eigenvalue weighted by Crippen LogP contribution is -2.12. The Balaban J connectivity index is 2.15. The normalized spacial score (nSPS) is 10.7. The number of halogens is 1. The minimum atomic E-state index is -0.209. The van der Waals surface area contributed by atoms with E-state index in [4.69, 9.17) is 5.73 Å². The third-order valence-corrected chi connectivity index (χ3v) is 4.35. The Morgan fingerprint density at radius 1 is 1.59 bits per heavy atom. The van der Waals surface area contributed by atoms with Gasteiger partial charge in [-0.3, -0.25) is 4.57 Å². The minimum Gasteiger partial charge on any atom is -0.398 e. The zero-order valence-electron chi connectivity index (χ0n) is 9.11. The van der Waals surface area contributed by atoms with Crippen LogP contribution in [0.15, 0.2) is 32.6 Å². The van der Waals surface area contributed by atoms with Gasteiger partial charge in [0, 0.05) is 23.0 Å². The fourth-order valence-corrected chi connectivity index (χ4v) is 2.82. The van der Waals surface area contributed by atoms with Crippen molar-refractivity contribution in [3.05, 3.63) is 38.7 Å². The number of aromatic nitrogens is 3. The fraction of sp³-hybridized carbons (Fsp3) is 0.200. The van der Waals surface area contributed by atoms with Crippen molar-refractivity contribution in [1.29, 1.82) is 0 Å². The summed E-state index contributed by atoms with van der Waals surface area (Å²) in [5.41, 5.74) is 7.36. The number of aromatic amines is 1. The number of nitrogens with zero attached hydrogens (tertiary/aromatic N) is 2. The number of nitrogens with one attached hydrogen (secondary N) is 1. The van der Waals surface area contributed by atoms with E-state index in [-0.39, 0.29) is 5.69 Å². The second-order valence-corrected chi connectivity index (χ2v) is 5.21. The van der Waals surface area contributed by atoms with Crippen molar-refractivity contribution in [2.45, 2.75) is 10.9 Å². The van der Waals surface area contributed by atoms with Crippen molar-refractivity contribution >= 4 is 33.4 Å². The highest BCUT2D eigenvalue weighted by Gasteiger charge is 2.08. The minimum absolute atomic E-state index is 0.209. The van der Waals surface area contributed by atoms with Gasteiger partial charge in [-0.25, -0.2) is 9.89 Å². The first-order chi connectivity index (χ1) is 8.09. The molecule has 1 aromatic heterocycles. The average Bonchev–Trinajstić information content (AvgIpc) is 2.62. The molecule has 0 radical (unpaired) electrons. The standard InChI is InChI=1S/C10H11BrN4OS/c1-15-9(16)13-14-10(15)17-5-6-3-2-4-7(12)8(6)11/h2-4H,5,12H2,1H3,(H,13,16). The Morgan fingerprint density at radius 2 is 2.35 bits per heavy atom. The summed E-state index contributed by atoms with van der Waals surface area (Å²) >= 11 is 4.92. The summed E-state index contributed by atoms with van der Waals surface area (Å²) in [6.07, 6.45) is 0. The second kappa shape index (κ2) is 4.97. The van der Waals surface area contributed by atoms with Gasteiger partial charge < -0.3 is 5.73 Å². The molecule has 5 nitrogen and oxygen atoms in total. The second-order valence-electron chi connectivity index (χ2n) is 3.48. The van der Waals surface area contributed by atoms with Crippen LogP contribution in [0.5, 0.6) is 0 Å². The van der Waals surface area contributed by atoms with Gasteiger partial charge in [0.05, 0.1) is 0 Å². The van der Waals surface area contributed by atoms with Crippen LogP contribution in [0.3, 0.4) is 0 Å². The molecule has 0 spiro atoms. The highest BCUT2D eigenvalue weighted by atomic mass is 79.9. The van der Waals surface area contributed by atoms with E-state index in [0.717, 1.165) is 10.0 Å².